The maximum atomic E-state index is 8.84. The van der Waals surface area contributed by atoms with Crippen molar-refractivity contribution in [3.05, 3.63) is 70.8 Å². The van der Waals surface area contributed by atoms with Crippen LogP contribution in [0.15, 0.2) is 48.5 Å². The summed E-state index contributed by atoms with van der Waals surface area (Å²) in [7, 11) is 0. The Labute approximate surface area is 127 Å². The number of nitrogens with zero attached hydrogens (tertiary/aromatic N) is 1. The summed E-state index contributed by atoms with van der Waals surface area (Å²) in [5, 5.41) is 12.5. The molecule has 0 saturated carbocycles. The monoisotopic (exact) mass is 278 g/mol. The van der Waals surface area contributed by atoms with Gasteiger partial charge in [0.1, 0.15) is 0 Å². The van der Waals surface area contributed by atoms with E-state index in [1.165, 1.54) is 16.7 Å². The second kappa shape index (κ2) is 7.06. The molecule has 0 radical (unpaired) electrons. The molecule has 2 atom stereocenters. The Balaban J connectivity index is 1.97. The van der Waals surface area contributed by atoms with Crippen LogP contribution in [0.5, 0.6) is 0 Å². The lowest BCUT2D eigenvalue weighted by molar-refractivity contribution is 0.476. The summed E-state index contributed by atoms with van der Waals surface area (Å²) < 4.78 is 0. The quantitative estimate of drug-likeness (QED) is 0.892. The molecule has 2 aromatic carbocycles. The molecule has 0 bridgehead atoms. The van der Waals surface area contributed by atoms with Crippen LogP contribution in [0.25, 0.3) is 0 Å². The minimum atomic E-state index is 0.275. The highest BCUT2D eigenvalue weighted by molar-refractivity contribution is 5.33. The number of rotatable bonds is 5. The van der Waals surface area contributed by atoms with E-state index in [1.807, 2.05) is 24.3 Å². The molecule has 0 aliphatic rings. The van der Waals surface area contributed by atoms with Crippen LogP contribution in [0.1, 0.15) is 42.1 Å². The number of nitriles is 1. The van der Waals surface area contributed by atoms with Gasteiger partial charge in [-0.15, -0.1) is 0 Å². The zero-order valence-corrected chi connectivity index (χ0v) is 12.9. The van der Waals surface area contributed by atoms with Gasteiger partial charge in [-0.1, -0.05) is 36.4 Å². The van der Waals surface area contributed by atoms with E-state index in [-0.39, 0.29) is 6.04 Å². The molecule has 108 valence electrons. The number of aryl methyl sites for hydroxylation is 1. The zero-order valence-electron chi connectivity index (χ0n) is 12.9. The Morgan fingerprint density at radius 2 is 1.71 bits per heavy atom. The van der Waals surface area contributed by atoms with Crippen molar-refractivity contribution in [3.8, 4) is 6.07 Å². The fourth-order valence-corrected chi connectivity index (χ4v) is 2.60. The van der Waals surface area contributed by atoms with E-state index in [0.29, 0.717) is 11.6 Å². The minimum absolute atomic E-state index is 0.275. The zero-order chi connectivity index (χ0) is 15.2. The van der Waals surface area contributed by atoms with Crippen molar-refractivity contribution in [2.75, 3.05) is 0 Å². The molecule has 0 aromatic heterocycles. The minimum Gasteiger partial charge on any atom is -0.307 e. The third-order valence-electron chi connectivity index (χ3n) is 3.86. The summed E-state index contributed by atoms with van der Waals surface area (Å²) in [6, 6.07) is 19.2. The van der Waals surface area contributed by atoms with Gasteiger partial charge in [0.2, 0.25) is 0 Å². The van der Waals surface area contributed by atoms with E-state index in [2.05, 4.69) is 56.4 Å². The van der Waals surface area contributed by atoms with Gasteiger partial charge in [-0.25, -0.2) is 0 Å². The average Bonchev–Trinajstić information content (AvgIpc) is 2.49. The van der Waals surface area contributed by atoms with Crippen LogP contribution in [0.3, 0.4) is 0 Å². The van der Waals surface area contributed by atoms with Gasteiger partial charge in [-0.3, -0.25) is 0 Å². The molecule has 2 nitrogen and oxygen atoms in total. The van der Waals surface area contributed by atoms with E-state index in [9.17, 15) is 0 Å². The third-order valence-corrected chi connectivity index (χ3v) is 3.86. The second-order valence-corrected chi connectivity index (χ2v) is 5.65. The van der Waals surface area contributed by atoms with Crippen molar-refractivity contribution in [1.29, 1.82) is 5.26 Å². The standard InChI is InChI=1S/C19H22N2/c1-14-6-4-5-7-19(14)12-15(2)21-16(3)18-10-8-17(13-20)9-11-18/h4-11,15-16,21H,12H2,1-3H3. The van der Waals surface area contributed by atoms with Crippen LogP contribution in [0.2, 0.25) is 0 Å². The summed E-state index contributed by atoms with van der Waals surface area (Å²) in [5.74, 6) is 0. The molecule has 0 aliphatic heterocycles. The molecule has 2 rings (SSSR count). The highest BCUT2D eigenvalue weighted by atomic mass is 14.9. The Morgan fingerprint density at radius 3 is 2.33 bits per heavy atom. The van der Waals surface area contributed by atoms with Gasteiger partial charge in [0.25, 0.3) is 0 Å². The molecule has 0 aliphatic carbocycles. The van der Waals surface area contributed by atoms with Crippen LogP contribution in [-0.2, 0) is 6.42 Å². The highest BCUT2D eigenvalue weighted by Crippen LogP contribution is 2.16. The summed E-state index contributed by atoms with van der Waals surface area (Å²) >= 11 is 0. The van der Waals surface area contributed by atoms with Crippen LogP contribution in [0, 0.1) is 18.3 Å². The first-order valence-corrected chi connectivity index (χ1v) is 7.40. The molecule has 2 aromatic rings. The second-order valence-electron chi connectivity index (χ2n) is 5.65. The fraction of sp³-hybridized carbons (Fsp3) is 0.316. The normalized spacial score (nSPS) is 13.4. The molecule has 0 fully saturated rings. The smallest absolute Gasteiger partial charge is 0.0991 e. The molecule has 0 saturated heterocycles. The lowest BCUT2D eigenvalue weighted by Gasteiger charge is -2.21. The first kappa shape index (κ1) is 15.3. The molecule has 0 amide bonds. The van der Waals surface area contributed by atoms with Gasteiger partial charge in [-0.05, 0) is 56.0 Å². The van der Waals surface area contributed by atoms with Gasteiger partial charge in [0, 0.05) is 12.1 Å². The molecular weight excluding hydrogens is 256 g/mol. The lowest BCUT2D eigenvalue weighted by Crippen LogP contribution is -2.30. The Bertz CT molecular complexity index is 623. The number of benzene rings is 2. The van der Waals surface area contributed by atoms with Gasteiger partial charge >= 0.3 is 0 Å². The topological polar surface area (TPSA) is 35.8 Å². The highest BCUT2D eigenvalue weighted by Gasteiger charge is 2.11. The summed E-state index contributed by atoms with van der Waals surface area (Å²) in [5.41, 5.74) is 4.66. The number of nitrogens with one attached hydrogen (secondary N) is 1. The summed E-state index contributed by atoms with van der Waals surface area (Å²) in [6.07, 6.45) is 1.02. The molecule has 0 spiro atoms. The molecule has 2 heteroatoms. The van der Waals surface area contributed by atoms with Crippen LogP contribution < -0.4 is 5.32 Å². The third kappa shape index (κ3) is 4.18. The van der Waals surface area contributed by atoms with E-state index >= 15 is 0 Å². The molecular formula is C19H22N2. The average molecular weight is 278 g/mol. The fourth-order valence-electron chi connectivity index (χ4n) is 2.60. The van der Waals surface area contributed by atoms with Crippen LogP contribution >= 0.6 is 0 Å². The lowest BCUT2D eigenvalue weighted by atomic mass is 10.0. The first-order chi connectivity index (χ1) is 10.1. The van der Waals surface area contributed by atoms with Crippen molar-refractivity contribution < 1.29 is 0 Å². The van der Waals surface area contributed by atoms with Crippen molar-refractivity contribution >= 4 is 0 Å². The predicted octanol–water partition coefficient (Wildman–Crippen LogP) is 4.15. The predicted molar refractivity (Wildman–Crippen MR) is 87.1 cm³/mol. The maximum absolute atomic E-state index is 8.84. The van der Waals surface area contributed by atoms with Gasteiger partial charge in [0.15, 0.2) is 0 Å². The van der Waals surface area contributed by atoms with Crippen molar-refractivity contribution in [3.63, 3.8) is 0 Å². The largest absolute Gasteiger partial charge is 0.307 e. The molecule has 21 heavy (non-hydrogen) atoms. The number of hydrogen-bond acceptors (Lipinski definition) is 2. The maximum Gasteiger partial charge on any atom is 0.0991 e. The van der Waals surface area contributed by atoms with Crippen molar-refractivity contribution in [2.45, 2.75) is 39.3 Å². The number of hydrogen-bond donors (Lipinski definition) is 1. The molecule has 1 N–H and O–H groups in total. The molecule has 0 heterocycles. The van der Waals surface area contributed by atoms with Crippen LogP contribution in [0.4, 0.5) is 0 Å². The summed E-state index contributed by atoms with van der Waals surface area (Å²) in [4.78, 5) is 0. The Hall–Kier alpha value is -2.11. The van der Waals surface area contributed by atoms with Gasteiger partial charge < -0.3 is 5.32 Å². The first-order valence-electron chi connectivity index (χ1n) is 7.40. The summed E-state index contributed by atoms with van der Waals surface area (Å²) in [6.45, 7) is 6.54. The molecule has 2 unspecified atom stereocenters. The Morgan fingerprint density at radius 1 is 1.05 bits per heavy atom. The van der Waals surface area contributed by atoms with E-state index in [4.69, 9.17) is 5.26 Å². The van der Waals surface area contributed by atoms with E-state index in [0.717, 1.165) is 6.42 Å². The van der Waals surface area contributed by atoms with Crippen molar-refractivity contribution in [1.82, 2.24) is 5.32 Å². The van der Waals surface area contributed by atoms with Crippen molar-refractivity contribution in [2.24, 2.45) is 0 Å². The SMILES string of the molecule is Cc1ccccc1CC(C)NC(C)c1ccc(C#N)cc1. The van der Waals surface area contributed by atoms with Gasteiger partial charge in [-0.2, -0.15) is 5.26 Å². The van der Waals surface area contributed by atoms with Gasteiger partial charge in [0.05, 0.1) is 11.6 Å². The van der Waals surface area contributed by atoms with E-state index in [1.54, 1.807) is 0 Å². The Kier molecular flexibility index (Phi) is 5.14. The van der Waals surface area contributed by atoms with Crippen LogP contribution in [-0.4, -0.2) is 6.04 Å². The van der Waals surface area contributed by atoms with E-state index < -0.39 is 0 Å².